The Hall–Kier alpha value is -1.65. The van der Waals surface area contributed by atoms with Gasteiger partial charge in [0.15, 0.2) is 6.29 Å². The van der Waals surface area contributed by atoms with Crippen molar-refractivity contribution in [3.63, 3.8) is 0 Å². The molecule has 16 heavy (non-hydrogen) atoms. The maximum absolute atomic E-state index is 11.8. The first-order valence-electron chi connectivity index (χ1n) is 5.20. The van der Waals surface area contributed by atoms with Gasteiger partial charge in [0.2, 0.25) is 0 Å². The van der Waals surface area contributed by atoms with Crippen molar-refractivity contribution in [1.82, 2.24) is 4.98 Å². The van der Waals surface area contributed by atoms with Crippen LogP contribution in [0.15, 0.2) is 35.1 Å². The predicted molar refractivity (Wildman–Crippen MR) is 59.2 cm³/mol. The first-order chi connectivity index (χ1) is 7.84. The Morgan fingerprint density at radius 1 is 1.19 bits per heavy atom. The molecule has 1 aromatic heterocycles. The van der Waals surface area contributed by atoms with Gasteiger partial charge in [-0.3, -0.25) is 4.79 Å². The molecular formula is C12H11NO3. The number of H-pyrrole nitrogens is 1. The van der Waals surface area contributed by atoms with E-state index in [2.05, 4.69) is 4.98 Å². The SMILES string of the molecule is O=c1[nH]c2ccccc2cc1C1OCCO1. The fraction of sp³-hybridized carbons (Fsp3) is 0.250. The summed E-state index contributed by atoms with van der Waals surface area (Å²) >= 11 is 0. The van der Waals surface area contributed by atoms with Gasteiger partial charge in [-0.25, -0.2) is 0 Å². The third-order valence-electron chi connectivity index (χ3n) is 2.66. The number of rotatable bonds is 1. The van der Waals surface area contributed by atoms with E-state index in [1.165, 1.54) is 0 Å². The Morgan fingerprint density at radius 3 is 2.75 bits per heavy atom. The monoisotopic (exact) mass is 217 g/mol. The van der Waals surface area contributed by atoms with Crippen LogP contribution in [-0.4, -0.2) is 18.2 Å². The van der Waals surface area contributed by atoms with E-state index in [9.17, 15) is 4.79 Å². The summed E-state index contributed by atoms with van der Waals surface area (Å²) < 4.78 is 10.7. The number of hydrogen-bond acceptors (Lipinski definition) is 3. The fourth-order valence-corrected chi connectivity index (χ4v) is 1.88. The van der Waals surface area contributed by atoms with Gasteiger partial charge in [0.25, 0.3) is 5.56 Å². The Morgan fingerprint density at radius 2 is 1.94 bits per heavy atom. The van der Waals surface area contributed by atoms with E-state index in [1.807, 2.05) is 30.3 Å². The Labute approximate surface area is 91.8 Å². The number of pyridine rings is 1. The van der Waals surface area contributed by atoms with E-state index >= 15 is 0 Å². The third kappa shape index (κ3) is 1.52. The normalized spacial score (nSPS) is 17.0. The molecule has 1 aliphatic rings. The van der Waals surface area contributed by atoms with Crippen LogP contribution < -0.4 is 5.56 Å². The number of fused-ring (bicyclic) bond motifs is 1. The van der Waals surface area contributed by atoms with Crippen molar-refractivity contribution in [2.24, 2.45) is 0 Å². The molecule has 4 nitrogen and oxygen atoms in total. The summed E-state index contributed by atoms with van der Waals surface area (Å²) in [6, 6.07) is 9.46. The molecule has 1 aliphatic heterocycles. The lowest BCUT2D eigenvalue weighted by atomic mass is 10.1. The average molecular weight is 217 g/mol. The first kappa shape index (κ1) is 9.57. The molecule has 0 amide bonds. The minimum atomic E-state index is -0.520. The highest BCUT2D eigenvalue weighted by Gasteiger charge is 2.21. The number of benzene rings is 1. The van der Waals surface area contributed by atoms with Gasteiger partial charge >= 0.3 is 0 Å². The predicted octanol–water partition coefficient (Wildman–Crippen LogP) is 1.57. The van der Waals surface area contributed by atoms with Crippen LogP contribution in [0.5, 0.6) is 0 Å². The van der Waals surface area contributed by atoms with Crippen LogP contribution >= 0.6 is 0 Å². The number of para-hydroxylation sites is 1. The molecule has 1 aromatic carbocycles. The second kappa shape index (κ2) is 3.73. The zero-order valence-electron chi connectivity index (χ0n) is 8.60. The Kier molecular flexibility index (Phi) is 2.23. The van der Waals surface area contributed by atoms with Crippen molar-refractivity contribution in [2.75, 3.05) is 13.2 Å². The molecule has 1 N–H and O–H groups in total. The van der Waals surface area contributed by atoms with Crippen LogP contribution in [0.1, 0.15) is 11.9 Å². The van der Waals surface area contributed by atoms with Crippen molar-refractivity contribution in [2.45, 2.75) is 6.29 Å². The summed E-state index contributed by atoms with van der Waals surface area (Å²) in [5, 5.41) is 0.983. The zero-order chi connectivity index (χ0) is 11.0. The van der Waals surface area contributed by atoms with E-state index in [4.69, 9.17) is 9.47 Å². The van der Waals surface area contributed by atoms with E-state index in [-0.39, 0.29) is 5.56 Å². The average Bonchev–Trinajstić information content (AvgIpc) is 2.81. The largest absolute Gasteiger partial charge is 0.346 e. The highest BCUT2D eigenvalue weighted by Crippen LogP contribution is 2.22. The highest BCUT2D eigenvalue weighted by molar-refractivity contribution is 5.78. The highest BCUT2D eigenvalue weighted by atomic mass is 16.7. The van der Waals surface area contributed by atoms with Gasteiger partial charge in [-0.1, -0.05) is 18.2 Å². The number of aromatic amines is 1. The van der Waals surface area contributed by atoms with Gasteiger partial charge in [-0.05, 0) is 17.5 Å². The van der Waals surface area contributed by atoms with Crippen molar-refractivity contribution >= 4 is 10.9 Å². The molecule has 1 fully saturated rings. The maximum Gasteiger partial charge on any atom is 0.256 e. The zero-order valence-corrected chi connectivity index (χ0v) is 8.60. The molecule has 0 bridgehead atoms. The quantitative estimate of drug-likeness (QED) is 0.788. The smallest absolute Gasteiger partial charge is 0.256 e. The Bertz CT molecular complexity index is 570. The molecule has 1 saturated heterocycles. The molecule has 4 heteroatoms. The second-order valence-electron chi connectivity index (χ2n) is 3.71. The van der Waals surface area contributed by atoms with Crippen LogP contribution in [0.3, 0.4) is 0 Å². The minimum Gasteiger partial charge on any atom is -0.346 e. The maximum atomic E-state index is 11.8. The number of ether oxygens (including phenoxy) is 2. The summed E-state index contributed by atoms with van der Waals surface area (Å²) in [4.78, 5) is 14.6. The van der Waals surface area contributed by atoms with Crippen molar-refractivity contribution in [3.05, 3.63) is 46.2 Å². The van der Waals surface area contributed by atoms with Crippen molar-refractivity contribution in [1.29, 1.82) is 0 Å². The Balaban J connectivity index is 2.17. The molecule has 2 heterocycles. The molecule has 3 rings (SSSR count). The van der Waals surface area contributed by atoms with Gasteiger partial charge in [0.1, 0.15) is 0 Å². The van der Waals surface area contributed by atoms with Gasteiger partial charge in [-0.2, -0.15) is 0 Å². The van der Waals surface area contributed by atoms with E-state index in [0.717, 1.165) is 10.9 Å². The molecule has 2 aromatic rings. The number of hydrogen-bond donors (Lipinski definition) is 1. The van der Waals surface area contributed by atoms with Crippen LogP contribution in [0.4, 0.5) is 0 Å². The van der Waals surface area contributed by atoms with Crippen molar-refractivity contribution < 1.29 is 9.47 Å². The molecule has 82 valence electrons. The van der Waals surface area contributed by atoms with Crippen LogP contribution in [0, 0.1) is 0 Å². The molecule has 0 radical (unpaired) electrons. The van der Waals surface area contributed by atoms with Gasteiger partial charge in [0.05, 0.1) is 18.8 Å². The summed E-state index contributed by atoms with van der Waals surface area (Å²) in [6.45, 7) is 1.08. The summed E-state index contributed by atoms with van der Waals surface area (Å²) in [5.74, 6) is 0. The van der Waals surface area contributed by atoms with Gasteiger partial charge < -0.3 is 14.5 Å². The molecule has 0 atom stereocenters. The van der Waals surface area contributed by atoms with Crippen LogP contribution in [0.2, 0.25) is 0 Å². The van der Waals surface area contributed by atoms with E-state index in [0.29, 0.717) is 18.8 Å². The number of nitrogens with one attached hydrogen (secondary N) is 1. The van der Waals surface area contributed by atoms with Crippen molar-refractivity contribution in [3.8, 4) is 0 Å². The molecule has 0 aliphatic carbocycles. The van der Waals surface area contributed by atoms with Crippen LogP contribution in [-0.2, 0) is 9.47 Å². The molecule has 0 saturated carbocycles. The third-order valence-corrected chi connectivity index (χ3v) is 2.66. The summed E-state index contributed by atoms with van der Waals surface area (Å²) in [7, 11) is 0. The second-order valence-corrected chi connectivity index (χ2v) is 3.71. The van der Waals surface area contributed by atoms with Crippen LogP contribution in [0.25, 0.3) is 10.9 Å². The summed E-state index contributed by atoms with van der Waals surface area (Å²) in [6.07, 6.45) is -0.520. The molecule has 0 spiro atoms. The lowest BCUT2D eigenvalue weighted by Gasteiger charge is -2.08. The lowest BCUT2D eigenvalue weighted by molar-refractivity contribution is -0.0450. The first-order valence-corrected chi connectivity index (χ1v) is 5.20. The number of aromatic nitrogens is 1. The summed E-state index contributed by atoms with van der Waals surface area (Å²) in [5.41, 5.74) is 1.22. The van der Waals surface area contributed by atoms with E-state index < -0.39 is 6.29 Å². The lowest BCUT2D eigenvalue weighted by Crippen LogP contribution is -2.16. The molecular weight excluding hydrogens is 206 g/mol. The topological polar surface area (TPSA) is 51.3 Å². The standard InChI is InChI=1S/C12H11NO3/c14-11-9(12-15-5-6-16-12)7-8-3-1-2-4-10(8)13-11/h1-4,7,12H,5-6H2,(H,13,14). The van der Waals surface area contributed by atoms with Gasteiger partial charge in [-0.15, -0.1) is 0 Å². The van der Waals surface area contributed by atoms with Gasteiger partial charge in [0, 0.05) is 5.52 Å². The fourth-order valence-electron chi connectivity index (χ4n) is 1.88. The molecule has 0 unspecified atom stereocenters. The van der Waals surface area contributed by atoms with E-state index in [1.54, 1.807) is 0 Å². The minimum absolute atomic E-state index is 0.148.